The maximum Gasteiger partial charge on any atom is 0.119 e. The Balaban J connectivity index is 1.84. The van der Waals surface area contributed by atoms with Crippen LogP contribution in [-0.2, 0) is 6.54 Å². The van der Waals surface area contributed by atoms with E-state index < -0.39 is 0 Å². The summed E-state index contributed by atoms with van der Waals surface area (Å²) in [4.78, 5) is 2.58. The predicted octanol–water partition coefficient (Wildman–Crippen LogP) is 4.08. The van der Waals surface area contributed by atoms with Gasteiger partial charge < -0.3 is 4.74 Å². The third-order valence-electron chi connectivity index (χ3n) is 4.45. The fourth-order valence-electron chi connectivity index (χ4n) is 3.05. The van der Waals surface area contributed by atoms with E-state index in [2.05, 4.69) is 48.2 Å². The fourth-order valence-corrected chi connectivity index (χ4v) is 3.05. The van der Waals surface area contributed by atoms with Crippen LogP contribution in [0.3, 0.4) is 0 Å². The van der Waals surface area contributed by atoms with E-state index in [1.807, 2.05) is 0 Å². The van der Waals surface area contributed by atoms with Gasteiger partial charge in [0.1, 0.15) is 5.75 Å². The fraction of sp³-hybridized carbons (Fsp3) is 0.444. The van der Waals surface area contributed by atoms with E-state index in [1.54, 1.807) is 7.11 Å². The zero-order chi connectivity index (χ0) is 13.9. The second-order valence-electron chi connectivity index (χ2n) is 5.96. The molecule has 0 amide bonds. The number of methoxy groups -OCH3 is 1. The van der Waals surface area contributed by atoms with E-state index in [9.17, 15) is 0 Å². The van der Waals surface area contributed by atoms with Gasteiger partial charge in [-0.2, -0.15) is 0 Å². The minimum Gasteiger partial charge on any atom is -0.497 e. The highest BCUT2D eigenvalue weighted by atomic mass is 16.5. The third kappa shape index (κ3) is 2.80. The summed E-state index contributed by atoms with van der Waals surface area (Å²) in [6.07, 6.45) is 2.66. The molecule has 2 aromatic carbocycles. The van der Waals surface area contributed by atoms with Gasteiger partial charge >= 0.3 is 0 Å². The number of hydrogen-bond donors (Lipinski definition) is 0. The van der Waals surface area contributed by atoms with Crippen molar-refractivity contribution in [2.24, 2.45) is 5.92 Å². The molecule has 0 unspecified atom stereocenters. The molecule has 2 nitrogen and oxygen atoms in total. The molecule has 1 heterocycles. The lowest BCUT2D eigenvalue weighted by atomic mass is 9.98. The van der Waals surface area contributed by atoms with Gasteiger partial charge in [-0.3, -0.25) is 4.90 Å². The first kappa shape index (κ1) is 13.4. The van der Waals surface area contributed by atoms with Crippen LogP contribution in [0.4, 0.5) is 0 Å². The number of hydrogen-bond acceptors (Lipinski definition) is 2. The lowest BCUT2D eigenvalue weighted by Crippen LogP contribution is -2.32. The van der Waals surface area contributed by atoms with E-state index in [1.165, 1.54) is 42.3 Å². The Hall–Kier alpha value is -1.54. The number of likely N-dealkylation sites (tertiary alicyclic amines) is 1. The zero-order valence-corrected chi connectivity index (χ0v) is 12.4. The highest BCUT2D eigenvalue weighted by molar-refractivity contribution is 5.87. The first-order valence-electron chi connectivity index (χ1n) is 7.54. The molecule has 1 aliphatic heterocycles. The maximum absolute atomic E-state index is 5.31. The summed E-state index contributed by atoms with van der Waals surface area (Å²) in [6.45, 7) is 5.89. The van der Waals surface area contributed by atoms with Gasteiger partial charge in [0, 0.05) is 6.54 Å². The van der Waals surface area contributed by atoms with Gasteiger partial charge in [0.05, 0.1) is 7.11 Å². The first-order valence-corrected chi connectivity index (χ1v) is 7.54. The number of nitrogens with zero attached hydrogens (tertiary/aromatic N) is 1. The van der Waals surface area contributed by atoms with E-state index >= 15 is 0 Å². The molecule has 0 aliphatic carbocycles. The smallest absolute Gasteiger partial charge is 0.119 e. The highest BCUT2D eigenvalue weighted by Gasteiger charge is 2.16. The zero-order valence-electron chi connectivity index (χ0n) is 12.4. The Kier molecular flexibility index (Phi) is 3.93. The standard InChI is InChI=1S/C18H23NO/c1-14-8-10-19(11-9-14)13-16-5-3-4-15-12-17(20-2)6-7-18(15)16/h3-7,12,14H,8-11,13H2,1-2H3. The molecule has 0 spiro atoms. The molecule has 0 atom stereocenters. The number of benzene rings is 2. The predicted molar refractivity (Wildman–Crippen MR) is 84.2 cm³/mol. The number of rotatable bonds is 3. The van der Waals surface area contributed by atoms with Crippen molar-refractivity contribution in [1.82, 2.24) is 4.90 Å². The summed E-state index contributed by atoms with van der Waals surface area (Å²) in [5, 5.41) is 2.62. The minimum absolute atomic E-state index is 0.892. The monoisotopic (exact) mass is 269 g/mol. The molecular formula is C18H23NO. The molecule has 106 valence electrons. The van der Waals surface area contributed by atoms with E-state index in [0.29, 0.717) is 0 Å². The second-order valence-corrected chi connectivity index (χ2v) is 5.96. The Labute approximate surface area is 121 Å². The SMILES string of the molecule is COc1ccc2c(CN3CCC(C)CC3)cccc2c1. The quantitative estimate of drug-likeness (QED) is 0.832. The van der Waals surface area contributed by atoms with Gasteiger partial charge in [-0.25, -0.2) is 0 Å². The van der Waals surface area contributed by atoms with Gasteiger partial charge in [-0.15, -0.1) is 0 Å². The summed E-state index contributed by atoms with van der Waals surface area (Å²) in [6, 6.07) is 13.0. The molecule has 0 bridgehead atoms. The number of piperidine rings is 1. The van der Waals surface area contributed by atoms with Crippen LogP contribution in [0.25, 0.3) is 10.8 Å². The largest absolute Gasteiger partial charge is 0.497 e. The van der Waals surface area contributed by atoms with Crippen molar-refractivity contribution >= 4 is 10.8 Å². The normalized spacial score (nSPS) is 17.5. The summed E-state index contributed by atoms with van der Waals surface area (Å²) >= 11 is 0. The molecule has 3 rings (SSSR count). The molecule has 0 N–H and O–H groups in total. The van der Waals surface area contributed by atoms with Crippen molar-refractivity contribution in [3.8, 4) is 5.75 Å². The summed E-state index contributed by atoms with van der Waals surface area (Å²) in [7, 11) is 1.72. The van der Waals surface area contributed by atoms with E-state index in [0.717, 1.165) is 18.2 Å². The molecule has 1 fully saturated rings. The minimum atomic E-state index is 0.892. The third-order valence-corrected chi connectivity index (χ3v) is 4.45. The van der Waals surface area contributed by atoms with Gasteiger partial charge in [-0.05, 0) is 60.3 Å². The molecule has 1 aliphatic rings. The van der Waals surface area contributed by atoms with Crippen molar-refractivity contribution in [3.05, 3.63) is 42.0 Å². The second kappa shape index (κ2) is 5.84. The molecule has 0 aromatic heterocycles. The average molecular weight is 269 g/mol. The Morgan fingerprint density at radius 1 is 1.15 bits per heavy atom. The molecule has 0 saturated carbocycles. The van der Waals surface area contributed by atoms with Crippen LogP contribution < -0.4 is 4.74 Å². The number of fused-ring (bicyclic) bond motifs is 1. The summed E-state index contributed by atoms with van der Waals surface area (Å²) in [5.74, 6) is 1.82. The lowest BCUT2D eigenvalue weighted by molar-refractivity contribution is 0.186. The van der Waals surface area contributed by atoms with Gasteiger partial charge in [0.2, 0.25) is 0 Å². The van der Waals surface area contributed by atoms with Crippen LogP contribution in [0.1, 0.15) is 25.3 Å². The van der Waals surface area contributed by atoms with E-state index in [-0.39, 0.29) is 0 Å². The van der Waals surface area contributed by atoms with Crippen LogP contribution >= 0.6 is 0 Å². The summed E-state index contributed by atoms with van der Waals surface area (Å²) in [5.41, 5.74) is 1.43. The van der Waals surface area contributed by atoms with Crippen molar-refractivity contribution in [1.29, 1.82) is 0 Å². The van der Waals surface area contributed by atoms with Crippen molar-refractivity contribution in [2.75, 3.05) is 20.2 Å². The molecule has 2 heteroatoms. The highest BCUT2D eigenvalue weighted by Crippen LogP contribution is 2.26. The van der Waals surface area contributed by atoms with Crippen molar-refractivity contribution < 1.29 is 4.74 Å². The van der Waals surface area contributed by atoms with Crippen molar-refractivity contribution in [3.63, 3.8) is 0 Å². The van der Waals surface area contributed by atoms with Crippen LogP contribution in [0.2, 0.25) is 0 Å². The summed E-state index contributed by atoms with van der Waals surface area (Å²) < 4.78 is 5.31. The van der Waals surface area contributed by atoms with Crippen LogP contribution in [0, 0.1) is 5.92 Å². The van der Waals surface area contributed by atoms with Gasteiger partial charge in [-0.1, -0.05) is 31.2 Å². The molecule has 0 radical (unpaired) electrons. The molecule has 1 saturated heterocycles. The topological polar surface area (TPSA) is 12.5 Å². The Morgan fingerprint density at radius 2 is 1.95 bits per heavy atom. The lowest BCUT2D eigenvalue weighted by Gasteiger charge is -2.30. The van der Waals surface area contributed by atoms with Gasteiger partial charge in [0.25, 0.3) is 0 Å². The Morgan fingerprint density at radius 3 is 2.70 bits per heavy atom. The van der Waals surface area contributed by atoms with E-state index in [4.69, 9.17) is 4.74 Å². The van der Waals surface area contributed by atoms with Gasteiger partial charge in [0.15, 0.2) is 0 Å². The maximum atomic E-state index is 5.31. The average Bonchev–Trinajstić information content (AvgIpc) is 2.49. The molecular weight excluding hydrogens is 246 g/mol. The molecule has 20 heavy (non-hydrogen) atoms. The number of ether oxygens (including phenoxy) is 1. The van der Waals surface area contributed by atoms with Crippen LogP contribution in [0.5, 0.6) is 5.75 Å². The first-order chi connectivity index (χ1) is 9.76. The van der Waals surface area contributed by atoms with Crippen LogP contribution in [0.15, 0.2) is 36.4 Å². The Bertz CT molecular complexity index is 585. The van der Waals surface area contributed by atoms with Crippen molar-refractivity contribution in [2.45, 2.75) is 26.3 Å². The van der Waals surface area contributed by atoms with Crippen LogP contribution in [-0.4, -0.2) is 25.1 Å². The molecule has 2 aromatic rings.